The van der Waals surface area contributed by atoms with Crippen LogP contribution in [0.1, 0.15) is 33.4 Å². The average Bonchev–Trinajstić information content (AvgIpc) is 3.49. The fourth-order valence-corrected chi connectivity index (χ4v) is 4.80. The minimum atomic E-state index is 0. The maximum Gasteiger partial charge on any atom is 0.173 e. The van der Waals surface area contributed by atoms with E-state index in [1.165, 1.54) is 22.9 Å². The van der Waals surface area contributed by atoms with Crippen LogP contribution < -0.4 is 43.1 Å². The van der Waals surface area contributed by atoms with Crippen molar-refractivity contribution in [1.82, 2.24) is 8.75 Å². The van der Waals surface area contributed by atoms with Gasteiger partial charge in [-0.1, -0.05) is 84.3 Å². The number of halogens is 2. The predicted octanol–water partition coefficient (Wildman–Crippen LogP) is -0.829. The lowest BCUT2D eigenvalue weighted by atomic mass is 10.1. The van der Waals surface area contributed by atoms with E-state index in [2.05, 4.69) is 115 Å². The van der Waals surface area contributed by atoms with Crippen LogP contribution >= 0.6 is 11.7 Å². The van der Waals surface area contributed by atoms with Gasteiger partial charge in [-0.2, -0.15) is 8.75 Å². The van der Waals surface area contributed by atoms with Crippen molar-refractivity contribution < 1.29 is 43.1 Å². The number of hydrogen-bond acceptors (Lipinski definition) is 3. The van der Waals surface area contributed by atoms with E-state index in [-0.39, 0.29) is 34.0 Å². The van der Waals surface area contributed by atoms with Crippen LogP contribution in [-0.4, -0.2) is 8.75 Å². The van der Waals surface area contributed by atoms with Crippen molar-refractivity contribution in [2.24, 2.45) is 0 Å². The average molecular weight is 680 g/mol. The van der Waals surface area contributed by atoms with E-state index in [1.54, 1.807) is 0 Å². The Morgan fingerprint density at radius 3 is 1.27 bits per heavy atom. The summed E-state index contributed by atoms with van der Waals surface area (Å²) in [7, 11) is 0. The van der Waals surface area contributed by atoms with Gasteiger partial charge in [0.15, 0.2) is 37.9 Å². The lowest BCUT2D eigenvalue weighted by molar-refractivity contribution is -0.688. The third-order valence-electron chi connectivity index (χ3n) is 6.30. The molecule has 0 atom stereocenters. The van der Waals surface area contributed by atoms with Gasteiger partial charge >= 0.3 is 0 Å². The van der Waals surface area contributed by atoms with E-state index in [1.807, 2.05) is 48.5 Å². The molecule has 6 aromatic rings. The molecule has 0 radical (unpaired) electrons. The molecule has 0 aliphatic carbocycles. The van der Waals surface area contributed by atoms with Crippen molar-refractivity contribution in [3.63, 3.8) is 0 Å². The summed E-state index contributed by atoms with van der Waals surface area (Å²) in [6, 6.07) is 32.9. The Kier molecular flexibility index (Phi) is 10.5. The quantitative estimate of drug-likeness (QED) is 0.180. The minimum absolute atomic E-state index is 0. The summed E-state index contributed by atoms with van der Waals surface area (Å²) in [5, 5.41) is 0. The predicted molar refractivity (Wildman–Crippen MR) is 154 cm³/mol. The fraction of sp³-hybridized carbons (Fsp3) is 0.0588. The van der Waals surface area contributed by atoms with Crippen molar-refractivity contribution in [3.8, 4) is 23.7 Å². The molecular formula is C34H24Br2N4S. The van der Waals surface area contributed by atoms with Gasteiger partial charge in [0, 0.05) is 46.5 Å². The van der Waals surface area contributed by atoms with Crippen molar-refractivity contribution >= 4 is 22.8 Å². The highest BCUT2D eigenvalue weighted by Gasteiger charge is 2.08. The summed E-state index contributed by atoms with van der Waals surface area (Å²) >= 11 is 1.19. The summed E-state index contributed by atoms with van der Waals surface area (Å²) in [5.74, 6) is 13.1. The number of fused-ring (bicyclic) bond motifs is 1. The van der Waals surface area contributed by atoms with Gasteiger partial charge in [0.1, 0.15) is 11.0 Å². The highest BCUT2D eigenvalue weighted by Crippen LogP contribution is 2.20. The van der Waals surface area contributed by atoms with Gasteiger partial charge in [-0.25, -0.2) is 9.13 Å². The highest BCUT2D eigenvalue weighted by atomic mass is 79.9. The molecule has 0 fully saturated rings. The summed E-state index contributed by atoms with van der Waals surface area (Å²) in [6.07, 6.45) is 8.23. The molecule has 0 unspecified atom stereocenters. The van der Waals surface area contributed by atoms with Crippen LogP contribution in [0.4, 0.5) is 0 Å². The normalized spacial score (nSPS) is 9.85. The molecule has 3 aromatic carbocycles. The van der Waals surface area contributed by atoms with Crippen LogP contribution in [0.25, 0.3) is 11.0 Å². The first-order valence-corrected chi connectivity index (χ1v) is 13.4. The number of nitrogens with zero attached hydrogens (tertiary/aromatic N) is 4. The van der Waals surface area contributed by atoms with Crippen LogP contribution in [-0.2, 0) is 13.1 Å². The highest BCUT2D eigenvalue weighted by molar-refractivity contribution is 7.00. The molecule has 0 saturated carbocycles. The number of benzene rings is 3. The van der Waals surface area contributed by atoms with Gasteiger partial charge in [-0.3, -0.25) is 0 Å². The smallest absolute Gasteiger partial charge is 0.173 e. The fourth-order valence-electron chi connectivity index (χ4n) is 4.23. The van der Waals surface area contributed by atoms with Crippen LogP contribution in [0.5, 0.6) is 0 Å². The van der Waals surface area contributed by atoms with E-state index in [0.29, 0.717) is 0 Å². The molecule has 7 heteroatoms. The van der Waals surface area contributed by atoms with Crippen LogP contribution in [0.15, 0.2) is 122 Å². The molecule has 3 aromatic heterocycles. The molecule has 0 amide bonds. The summed E-state index contributed by atoms with van der Waals surface area (Å²) in [4.78, 5) is 0. The summed E-state index contributed by atoms with van der Waals surface area (Å²) in [6.45, 7) is 1.66. The topological polar surface area (TPSA) is 33.5 Å². The number of rotatable bonds is 4. The molecule has 200 valence electrons. The summed E-state index contributed by atoms with van der Waals surface area (Å²) < 4.78 is 13.3. The third kappa shape index (κ3) is 7.74. The van der Waals surface area contributed by atoms with Crippen LogP contribution in [0, 0.1) is 23.7 Å². The second kappa shape index (κ2) is 14.5. The monoisotopic (exact) mass is 678 g/mol. The molecule has 6 rings (SSSR count). The Morgan fingerprint density at radius 1 is 0.488 bits per heavy atom. The zero-order valence-corrected chi connectivity index (χ0v) is 25.9. The molecule has 0 aliphatic rings. The molecule has 4 nitrogen and oxygen atoms in total. The van der Waals surface area contributed by atoms with Crippen molar-refractivity contribution in [2.75, 3.05) is 0 Å². The number of hydrogen-bond donors (Lipinski definition) is 0. The molecule has 0 spiro atoms. The largest absolute Gasteiger partial charge is 1.00 e. The first-order valence-electron chi connectivity index (χ1n) is 12.7. The Morgan fingerprint density at radius 2 is 0.878 bits per heavy atom. The van der Waals surface area contributed by atoms with Gasteiger partial charge in [-0.15, -0.1) is 0 Å². The number of aromatic nitrogens is 4. The lowest BCUT2D eigenvalue weighted by Crippen LogP contribution is -3.00. The van der Waals surface area contributed by atoms with Crippen molar-refractivity contribution in [1.29, 1.82) is 0 Å². The Hall–Kier alpha value is -4.14. The van der Waals surface area contributed by atoms with Gasteiger partial charge in [0.05, 0.1) is 22.9 Å². The zero-order valence-electron chi connectivity index (χ0n) is 21.9. The van der Waals surface area contributed by atoms with Gasteiger partial charge < -0.3 is 34.0 Å². The van der Waals surface area contributed by atoms with E-state index in [0.717, 1.165) is 46.4 Å². The lowest BCUT2D eigenvalue weighted by Gasteiger charge is -1.98. The zero-order chi connectivity index (χ0) is 26.3. The minimum Gasteiger partial charge on any atom is -1.00 e. The Balaban J connectivity index is 0.00000194. The maximum absolute atomic E-state index is 4.51. The third-order valence-corrected chi connectivity index (χ3v) is 6.83. The van der Waals surface area contributed by atoms with Gasteiger partial charge in [-0.05, 0) is 12.1 Å². The van der Waals surface area contributed by atoms with E-state index in [4.69, 9.17) is 0 Å². The van der Waals surface area contributed by atoms with E-state index < -0.39 is 0 Å². The summed E-state index contributed by atoms with van der Waals surface area (Å²) in [5.41, 5.74) is 7.73. The molecule has 0 bridgehead atoms. The molecule has 3 heterocycles. The molecule has 0 saturated heterocycles. The number of pyridine rings is 2. The van der Waals surface area contributed by atoms with Crippen molar-refractivity contribution in [3.05, 3.63) is 155 Å². The maximum atomic E-state index is 4.51. The van der Waals surface area contributed by atoms with Crippen molar-refractivity contribution in [2.45, 2.75) is 13.1 Å². The van der Waals surface area contributed by atoms with E-state index >= 15 is 0 Å². The molecule has 41 heavy (non-hydrogen) atoms. The second-order valence-corrected chi connectivity index (χ2v) is 9.64. The molecule has 0 N–H and O–H groups in total. The second-order valence-electron chi connectivity index (χ2n) is 9.11. The Bertz CT molecular complexity index is 1710. The SMILES string of the molecule is C(#Cc1ccc(C#Cc2cc[n+](Cc3ccccc3)cc2)c2nsnc12)c1cc[n+](Cc2ccccc2)cc1.[Br-].[Br-]. The molecule has 0 aliphatic heterocycles. The first-order chi connectivity index (χ1) is 19.3. The molecular weight excluding hydrogens is 656 g/mol. The van der Waals surface area contributed by atoms with Crippen LogP contribution in [0.2, 0.25) is 0 Å². The van der Waals surface area contributed by atoms with Gasteiger partial charge in [0.25, 0.3) is 0 Å². The van der Waals surface area contributed by atoms with E-state index in [9.17, 15) is 0 Å². The first kappa shape index (κ1) is 29.8. The van der Waals surface area contributed by atoms with Crippen LogP contribution in [0.3, 0.4) is 0 Å². The Labute approximate surface area is 265 Å². The standard InChI is InChI=1S/C34H24N4S.2BrH/c1-3-7-29(8-4-1)25-37-21-17-27(18-22-37)11-13-31-15-16-32(34-33(31)35-39-36-34)14-12-28-19-23-38(24-20-28)26-30-9-5-2-6-10-30;;/h1-10,15-24H,25-26H2;2*1H/q+2;;/p-2. The van der Waals surface area contributed by atoms with Gasteiger partial charge in [0.2, 0.25) is 0 Å².